The summed E-state index contributed by atoms with van der Waals surface area (Å²) in [6, 6.07) is 7.73. The average molecular weight is 455 g/mol. The smallest absolute Gasteiger partial charge is 0.383 e. The summed E-state index contributed by atoms with van der Waals surface area (Å²) >= 11 is 0. The Balaban J connectivity index is 2.06. The van der Waals surface area contributed by atoms with E-state index in [4.69, 9.17) is 0 Å². The lowest BCUT2D eigenvalue weighted by atomic mass is 10.0. The molecule has 32 heavy (non-hydrogen) atoms. The van der Waals surface area contributed by atoms with Crippen molar-refractivity contribution >= 4 is 11.4 Å². The van der Waals surface area contributed by atoms with Crippen LogP contribution in [-0.4, -0.2) is 45.0 Å². The van der Waals surface area contributed by atoms with Crippen molar-refractivity contribution in [1.29, 1.82) is 0 Å². The second kappa shape index (κ2) is 8.44. The molecule has 0 N–H and O–H groups in total. The highest BCUT2D eigenvalue weighted by Crippen LogP contribution is 2.32. The largest absolute Gasteiger partial charge is 0.416 e. The summed E-state index contributed by atoms with van der Waals surface area (Å²) in [5.74, 6) is -0.950. The third-order valence-corrected chi connectivity index (χ3v) is 4.23. The average Bonchev–Trinajstić information content (AvgIpc) is 3.20. The number of benzene rings is 2. The van der Waals surface area contributed by atoms with Crippen LogP contribution in [-0.2, 0) is 12.4 Å². The number of carbonyl (C=O) groups excluding carboxylic acids is 1. The number of nitrogens with zero attached hydrogens (tertiary/aromatic N) is 5. The van der Waals surface area contributed by atoms with E-state index < -0.39 is 29.3 Å². The van der Waals surface area contributed by atoms with Crippen LogP contribution < -0.4 is 0 Å². The van der Waals surface area contributed by atoms with Gasteiger partial charge < -0.3 is 4.90 Å². The maximum Gasteiger partial charge on any atom is 0.416 e. The van der Waals surface area contributed by atoms with Gasteiger partial charge in [0.1, 0.15) is 0 Å². The van der Waals surface area contributed by atoms with Crippen molar-refractivity contribution < 1.29 is 31.1 Å². The van der Waals surface area contributed by atoms with Crippen LogP contribution in [0.3, 0.4) is 0 Å². The first-order valence-electron chi connectivity index (χ1n) is 8.94. The molecule has 0 saturated carbocycles. The van der Waals surface area contributed by atoms with Gasteiger partial charge in [-0.05, 0) is 46.8 Å². The van der Waals surface area contributed by atoms with Gasteiger partial charge in [-0.25, -0.2) is 0 Å². The molecule has 0 aliphatic heterocycles. The molecule has 168 valence electrons. The van der Waals surface area contributed by atoms with Crippen LogP contribution in [0.15, 0.2) is 54.7 Å². The monoisotopic (exact) mass is 455 g/mol. The first-order valence-corrected chi connectivity index (χ1v) is 8.94. The molecule has 3 aromatic rings. The van der Waals surface area contributed by atoms with E-state index in [1.165, 1.54) is 17.2 Å². The van der Waals surface area contributed by atoms with Gasteiger partial charge >= 0.3 is 12.4 Å². The van der Waals surface area contributed by atoms with Gasteiger partial charge in [0.2, 0.25) is 0 Å². The van der Waals surface area contributed by atoms with Gasteiger partial charge in [0, 0.05) is 25.9 Å². The number of carbonyl (C=O) groups is 1. The van der Waals surface area contributed by atoms with Gasteiger partial charge in [-0.15, -0.1) is 5.10 Å². The maximum absolute atomic E-state index is 13.1. The summed E-state index contributed by atoms with van der Waals surface area (Å²) in [4.78, 5) is 14.6. The first-order chi connectivity index (χ1) is 14.9. The molecule has 0 bridgehead atoms. The zero-order valence-corrected chi connectivity index (χ0v) is 16.6. The number of ketones is 1. The fourth-order valence-electron chi connectivity index (χ4n) is 2.79. The second-order valence-corrected chi connectivity index (χ2v) is 6.87. The van der Waals surface area contributed by atoms with E-state index >= 15 is 0 Å². The number of rotatable bonds is 5. The summed E-state index contributed by atoms with van der Waals surface area (Å²) in [5, 5.41) is 11.0. The van der Waals surface area contributed by atoms with Gasteiger partial charge in [0.05, 0.1) is 22.4 Å². The molecule has 12 heteroatoms. The highest BCUT2D eigenvalue weighted by atomic mass is 19.4. The van der Waals surface area contributed by atoms with Gasteiger partial charge in [-0.2, -0.15) is 31.0 Å². The van der Waals surface area contributed by atoms with E-state index in [9.17, 15) is 31.1 Å². The lowest BCUT2D eigenvalue weighted by Gasteiger charge is -2.13. The normalized spacial score (nSPS) is 12.7. The molecule has 2 aromatic carbocycles. The molecule has 0 saturated heterocycles. The Morgan fingerprint density at radius 2 is 1.56 bits per heavy atom. The Labute approximate surface area is 177 Å². The zero-order valence-electron chi connectivity index (χ0n) is 16.6. The number of allylic oxidation sites excluding steroid dienone is 1. The van der Waals surface area contributed by atoms with Gasteiger partial charge in [-0.1, -0.05) is 12.1 Å². The number of hydrogen-bond donors (Lipinski definition) is 0. The van der Waals surface area contributed by atoms with Crippen LogP contribution in [0.5, 0.6) is 0 Å². The Hall–Kier alpha value is -3.70. The van der Waals surface area contributed by atoms with E-state index in [0.717, 1.165) is 41.1 Å². The minimum absolute atomic E-state index is 0.125. The molecule has 6 nitrogen and oxygen atoms in total. The molecule has 0 radical (unpaired) electrons. The molecule has 0 atom stereocenters. The van der Waals surface area contributed by atoms with Crippen LogP contribution in [0.4, 0.5) is 26.3 Å². The lowest BCUT2D eigenvalue weighted by molar-refractivity contribution is -0.138. The standard InChI is InChI=1S/C20H15F6N5O/c1-30(2)11-16(17(32)12-4-3-5-14(10-12)20(24,25)26)18-27-28-29-31(18)15-8-6-13(7-9-15)19(21,22)23/h3-11H,1-2H3. The molecule has 0 amide bonds. The fourth-order valence-corrected chi connectivity index (χ4v) is 2.79. The number of alkyl halides is 6. The summed E-state index contributed by atoms with van der Waals surface area (Å²) < 4.78 is 78.7. The van der Waals surface area contributed by atoms with Gasteiger partial charge in [0.25, 0.3) is 0 Å². The van der Waals surface area contributed by atoms with Crippen molar-refractivity contribution in [1.82, 2.24) is 25.1 Å². The van der Waals surface area contributed by atoms with Crippen molar-refractivity contribution in [2.24, 2.45) is 0 Å². The third-order valence-electron chi connectivity index (χ3n) is 4.23. The maximum atomic E-state index is 13.1. The molecule has 3 rings (SSSR count). The number of halogens is 6. The van der Waals surface area contributed by atoms with E-state index in [2.05, 4.69) is 15.5 Å². The van der Waals surface area contributed by atoms with Crippen LogP contribution in [0.25, 0.3) is 11.3 Å². The van der Waals surface area contributed by atoms with E-state index in [0.29, 0.717) is 6.07 Å². The second-order valence-electron chi connectivity index (χ2n) is 6.87. The summed E-state index contributed by atoms with van der Waals surface area (Å²) in [7, 11) is 3.15. The Morgan fingerprint density at radius 1 is 0.938 bits per heavy atom. The Bertz CT molecular complexity index is 1150. The summed E-state index contributed by atoms with van der Waals surface area (Å²) in [6.07, 6.45) is -7.88. The molecule has 0 spiro atoms. The SMILES string of the molecule is CN(C)C=C(C(=O)c1cccc(C(F)(F)F)c1)c1nnnn1-c1ccc(C(F)(F)F)cc1. The van der Waals surface area contributed by atoms with Crippen molar-refractivity contribution in [2.75, 3.05) is 14.1 Å². The Kier molecular flexibility index (Phi) is 6.06. The molecule has 1 heterocycles. The highest BCUT2D eigenvalue weighted by Gasteiger charge is 2.32. The molecule has 0 fully saturated rings. The predicted octanol–water partition coefficient (Wildman–Crippen LogP) is 4.49. The van der Waals surface area contributed by atoms with Crippen LogP contribution >= 0.6 is 0 Å². The topological polar surface area (TPSA) is 63.9 Å². The highest BCUT2D eigenvalue weighted by molar-refractivity contribution is 6.28. The Morgan fingerprint density at radius 3 is 2.12 bits per heavy atom. The minimum atomic E-state index is -4.65. The van der Waals surface area contributed by atoms with E-state index in [-0.39, 0.29) is 22.6 Å². The number of hydrogen-bond acceptors (Lipinski definition) is 5. The third kappa shape index (κ3) is 4.95. The van der Waals surface area contributed by atoms with Crippen LogP contribution in [0.1, 0.15) is 27.3 Å². The number of Topliss-reactive ketones (excluding diaryl/α,β-unsaturated/α-hetero) is 1. The quantitative estimate of drug-likeness (QED) is 0.322. The van der Waals surface area contributed by atoms with E-state index in [1.54, 1.807) is 14.1 Å². The molecular formula is C20H15F6N5O. The summed E-state index contributed by atoms with van der Waals surface area (Å²) in [5.41, 5.74) is -2.18. The minimum Gasteiger partial charge on any atom is -0.383 e. The molecule has 0 unspecified atom stereocenters. The lowest BCUT2D eigenvalue weighted by Crippen LogP contribution is -2.15. The van der Waals surface area contributed by atoms with Crippen molar-refractivity contribution in [3.05, 3.63) is 77.2 Å². The van der Waals surface area contributed by atoms with Crippen molar-refractivity contribution in [3.8, 4) is 5.69 Å². The molecule has 0 aliphatic rings. The zero-order chi connectivity index (χ0) is 23.7. The van der Waals surface area contributed by atoms with Gasteiger partial charge in [-0.3, -0.25) is 4.79 Å². The fraction of sp³-hybridized carbons (Fsp3) is 0.200. The van der Waals surface area contributed by atoms with Crippen molar-refractivity contribution in [2.45, 2.75) is 12.4 Å². The number of aromatic nitrogens is 4. The van der Waals surface area contributed by atoms with Crippen LogP contribution in [0, 0.1) is 0 Å². The molecule has 0 aliphatic carbocycles. The number of tetrazole rings is 1. The molecular weight excluding hydrogens is 440 g/mol. The summed E-state index contributed by atoms with van der Waals surface area (Å²) in [6.45, 7) is 0. The van der Waals surface area contributed by atoms with Crippen molar-refractivity contribution in [3.63, 3.8) is 0 Å². The van der Waals surface area contributed by atoms with Gasteiger partial charge in [0.15, 0.2) is 11.6 Å². The molecule has 1 aromatic heterocycles. The van der Waals surface area contributed by atoms with E-state index in [1.807, 2.05) is 0 Å². The van der Waals surface area contributed by atoms with Crippen LogP contribution in [0.2, 0.25) is 0 Å². The predicted molar refractivity (Wildman–Crippen MR) is 102 cm³/mol. The first kappa shape index (κ1) is 23.0.